The molecule has 4 heteroatoms. The molecule has 0 saturated heterocycles. The van der Waals surface area contributed by atoms with E-state index in [1.807, 2.05) is 19.1 Å². The molecule has 0 spiro atoms. The fraction of sp³-hybridized carbons (Fsp3) is 0.429. The molecule has 1 aromatic rings. The van der Waals surface area contributed by atoms with E-state index in [4.69, 9.17) is 10.4 Å². The Hall–Kier alpha value is -1.86. The number of hydrogen-bond acceptors (Lipinski definition) is 3. The predicted octanol–water partition coefficient (Wildman–Crippen LogP) is 1.92. The summed E-state index contributed by atoms with van der Waals surface area (Å²) in [6, 6.07) is 7.02. The first-order valence-corrected chi connectivity index (χ1v) is 6.00. The van der Waals surface area contributed by atoms with Gasteiger partial charge in [-0.2, -0.15) is 5.26 Å². The van der Waals surface area contributed by atoms with Crippen molar-refractivity contribution in [3.63, 3.8) is 0 Å². The van der Waals surface area contributed by atoms with Crippen molar-refractivity contribution in [1.29, 1.82) is 5.26 Å². The normalized spacial score (nSPS) is 23.2. The van der Waals surface area contributed by atoms with Crippen LogP contribution in [0.4, 0.5) is 0 Å². The van der Waals surface area contributed by atoms with Crippen molar-refractivity contribution in [1.82, 2.24) is 0 Å². The first-order valence-electron chi connectivity index (χ1n) is 6.00. The summed E-state index contributed by atoms with van der Waals surface area (Å²) in [6.45, 7) is 1.90. The van der Waals surface area contributed by atoms with E-state index < -0.39 is 17.5 Å². The highest BCUT2D eigenvalue weighted by Crippen LogP contribution is 2.42. The maximum Gasteiger partial charge on any atom is 0.325 e. The second-order valence-electron chi connectivity index (χ2n) is 4.66. The van der Waals surface area contributed by atoms with E-state index in [-0.39, 0.29) is 0 Å². The van der Waals surface area contributed by atoms with Gasteiger partial charge in [0.15, 0.2) is 5.92 Å². The number of aliphatic carboxylic acids is 1. The Bertz CT molecular complexity index is 532. The topological polar surface area (TPSA) is 81.3 Å². The van der Waals surface area contributed by atoms with Gasteiger partial charge in [0.2, 0.25) is 0 Å². The number of fused-ring (bicyclic) bond motifs is 1. The standard InChI is InChI=1S/C14H15NO3/c1-2-14(18)7-6-10-9(4-3-5-12(10)14)11(8-15)13(16)17/h3-5,11,18H,2,6-7H2,1H3,(H,16,17). The van der Waals surface area contributed by atoms with Gasteiger partial charge in [0.05, 0.1) is 11.7 Å². The van der Waals surface area contributed by atoms with E-state index in [2.05, 4.69) is 0 Å². The summed E-state index contributed by atoms with van der Waals surface area (Å²) in [5, 5.41) is 28.5. The molecule has 0 saturated carbocycles. The summed E-state index contributed by atoms with van der Waals surface area (Å²) in [5.41, 5.74) is 1.26. The molecule has 1 aliphatic carbocycles. The second kappa shape index (κ2) is 4.43. The van der Waals surface area contributed by atoms with Gasteiger partial charge < -0.3 is 10.2 Å². The van der Waals surface area contributed by atoms with Crippen LogP contribution >= 0.6 is 0 Å². The number of rotatable bonds is 3. The summed E-state index contributed by atoms with van der Waals surface area (Å²) >= 11 is 0. The largest absolute Gasteiger partial charge is 0.480 e. The minimum atomic E-state index is -1.15. The average Bonchev–Trinajstić information content (AvgIpc) is 2.70. The predicted molar refractivity (Wildman–Crippen MR) is 64.9 cm³/mol. The molecular formula is C14H15NO3. The lowest BCUT2D eigenvalue weighted by Crippen LogP contribution is -2.21. The molecule has 0 bridgehead atoms. The smallest absolute Gasteiger partial charge is 0.325 e. The summed E-state index contributed by atoms with van der Waals surface area (Å²) in [5.74, 6) is -2.29. The quantitative estimate of drug-likeness (QED) is 0.852. The number of nitriles is 1. The molecule has 4 nitrogen and oxygen atoms in total. The lowest BCUT2D eigenvalue weighted by atomic mass is 9.89. The first-order chi connectivity index (χ1) is 8.53. The minimum Gasteiger partial charge on any atom is -0.480 e. The van der Waals surface area contributed by atoms with Gasteiger partial charge in [-0.15, -0.1) is 0 Å². The van der Waals surface area contributed by atoms with E-state index in [1.54, 1.807) is 12.1 Å². The summed E-state index contributed by atoms with van der Waals surface area (Å²) in [7, 11) is 0. The van der Waals surface area contributed by atoms with Gasteiger partial charge in [0.25, 0.3) is 0 Å². The number of carboxylic acids is 1. The van der Waals surface area contributed by atoms with Crippen molar-refractivity contribution in [2.24, 2.45) is 0 Å². The summed E-state index contributed by atoms with van der Waals surface area (Å²) in [4.78, 5) is 11.1. The number of nitrogens with zero attached hydrogens (tertiary/aromatic N) is 1. The Morgan fingerprint density at radius 2 is 2.33 bits per heavy atom. The zero-order valence-electron chi connectivity index (χ0n) is 10.2. The fourth-order valence-corrected chi connectivity index (χ4v) is 2.68. The van der Waals surface area contributed by atoms with Gasteiger partial charge in [-0.05, 0) is 36.0 Å². The van der Waals surface area contributed by atoms with Crippen LogP contribution in [0.25, 0.3) is 0 Å². The Morgan fingerprint density at radius 3 is 2.89 bits per heavy atom. The molecule has 0 amide bonds. The van der Waals surface area contributed by atoms with E-state index in [0.717, 1.165) is 11.1 Å². The van der Waals surface area contributed by atoms with Crippen molar-refractivity contribution in [2.75, 3.05) is 0 Å². The van der Waals surface area contributed by atoms with E-state index >= 15 is 0 Å². The molecule has 0 heterocycles. The third kappa shape index (κ3) is 1.77. The maximum absolute atomic E-state index is 11.1. The summed E-state index contributed by atoms with van der Waals surface area (Å²) in [6.07, 6.45) is 1.81. The number of carbonyl (C=O) groups is 1. The van der Waals surface area contributed by atoms with Crippen molar-refractivity contribution in [2.45, 2.75) is 37.7 Å². The zero-order chi connectivity index (χ0) is 13.3. The van der Waals surface area contributed by atoms with Crippen LogP contribution in [0.1, 0.15) is 42.4 Å². The van der Waals surface area contributed by atoms with Crippen molar-refractivity contribution in [3.8, 4) is 6.07 Å². The molecule has 0 aromatic heterocycles. The van der Waals surface area contributed by atoms with Gasteiger partial charge in [-0.3, -0.25) is 4.79 Å². The Labute approximate surface area is 105 Å². The van der Waals surface area contributed by atoms with E-state index in [9.17, 15) is 9.90 Å². The molecule has 1 aromatic carbocycles. The van der Waals surface area contributed by atoms with Crippen LogP contribution in [0.3, 0.4) is 0 Å². The van der Waals surface area contributed by atoms with Crippen LogP contribution < -0.4 is 0 Å². The molecule has 0 aliphatic heterocycles. The highest BCUT2D eigenvalue weighted by atomic mass is 16.4. The molecule has 2 rings (SSSR count). The Morgan fingerprint density at radius 1 is 1.61 bits per heavy atom. The zero-order valence-corrected chi connectivity index (χ0v) is 10.2. The third-order valence-electron chi connectivity index (χ3n) is 3.77. The van der Waals surface area contributed by atoms with E-state index in [0.29, 0.717) is 24.8 Å². The maximum atomic E-state index is 11.1. The van der Waals surface area contributed by atoms with Gasteiger partial charge in [0, 0.05) is 0 Å². The van der Waals surface area contributed by atoms with Crippen LogP contribution in [0, 0.1) is 11.3 Å². The molecule has 2 unspecified atom stereocenters. The first kappa shape index (κ1) is 12.6. The van der Waals surface area contributed by atoms with Crippen LogP contribution in [0.2, 0.25) is 0 Å². The van der Waals surface area contributed by atoms with Crippen molar-refractivity contribution in [3.05, 3.63) is 34.9 Å². The lowest BCUT2D eigenvalue weighted by molar-refractivity contribution is -0.137. The molecule has 2 N–H and O–H groups in total. The number of aliphatic hydroxyl groups is 1. The number of hydrogen-bond donors (Lipinski definition) is 2. The van der Waals surface area contributed by atoms with Gasteiger partial charge in [-0.25, -0.2) is 0 Å². The summed E-state index contributed by atoms with van der Waals surface area (Å²) < 4.78 is 0. The number of carboxylic acid groups (broad SMARTS) is 1. The van der Waals surface area contributed by atoms with Gasteiger partial charge >= 0.3 is 5.97 Å². The number of benzene rings is 1. The van der Waals surface area contributed by atoms with Crippen LogP contribution in [-0.2, 0) is 16.8 Å². The molecule has 1 aliphatic rings. The van der Waals surface area contributed by atoms with Gasteiger partial charge in [-0.1, -0.05) is 25.1 Å². The SMILES string of the molecule is CCC1(O)CCc2c(C(C#N)C(=O)O)cccc21. The van der Waals surface area contributed by atoms with Gasteiger partial charge in [0.1, 0.15) is 0 Å². The highest BCUT2D eigenvalue weighted by molar-refractivity contribution is 5.80. The van der Waals surface area contributed by atoms with Crippen LogP contribution in [0.5, 0.6) is 0 Å². The lowest BCUT2D eigenvalue weighted by Gasteiger charge is -2.22. The van der Waals surface area contributed by atoms with E-state index in [1.165, 1.54) is 0 Å². The molecule has 0 radical (unpaired) electrons. The second-order valence-corrected chi connectivity index (χ2v) is 4.66. The highest BCUT2D eigenvalue weighted by Gasteiger charge is 2.37. The van der Waals surface area contributed by atoms with Crippen LogP contribution in [0.15, 0.2) is 18.2 Å². The Kier molecular flexibility index (Phi) is 3.10. The minimum absolute atomic E-state index is 0.520. The van der Waals surface area contributed by atoms with Crippen molar-refractivity contribution >= 4 is 5.97 Å². The molecule has 0 fully saturated rings. The average molecular weight is 245 g/mol. The Balaban J connectivity index is 2.55. The monoisotopic (exact) mass is 245 g/mol. The third-order valence-corrected chi connectivity index (χ3v) is 3.77. The van der Waals surface area contributed by atoms with Crippen molar-refractivity contribution < 1.29 is 15.0 Å². The molecule has 94 valence electrons. The molecular weight excluding hydrogens is 230 g/mol. The molecule has 2 atom stereocenters. The molecule has 18 heavy (non-hydrogen) atoms. The fourth-order valence-electron chi connectivity index (χ4n) is 2.68. The van der Waals surface area contributed by atoms with Crippen LogP contribution in [-0.4, -0.2) is 16.2 Å².